The molecule has 90 valence electrons. The van der Waals surface area contributed by atoms with Crippen molar-refractivity contribution in [3.8, 4) is 0 Å². The first-order valence-electron chi connectivity index (χ1n) is 6.27. The first-order chi connectivity index (χ1) is 7.78. The molecule has 0 amide bonds. The first-order valence-corrected chi connectivity index (χ1v) is 7.09. The number of aryl methyl sites for hydroxylation is 1. The molecule has 1 N–H and O–H groups in total. The second-order valence-corrected chi connectivity index (χ2v) is 5.94. The Hall–Kier alpha value is -0.380. The Morgan fingerprint density at radius 1 is 1.38 bits per heavy atom. The topological polar surface area (TPSA) is 15.3 Å². The van der Waals surface area contributed by atoms with Crippen molar-refractivity contribution in [2.75, 3.05) is 20.1 Å². The average molecular weight is 238 g/mol. The van der Waals surface area contributed by atoms with Crippen molar-refractivity contribution in [3.05, 3.63) is 21.9 Å². The molecule has 1 fully saturated rings. The van der Waals surface area contributed by atoms with Crippen molar-refractivity contribution in [2.45, 2.75) is 38.8 Å². The molecule has 0 radical (unpaired) electrons. The number of nitrogens with zero attached hydrogens (tertiary/aromatic N) is 1. The maximum Gasteiger partial charge on any atom is 0.0325 e. The molecule has 2 rings (SSSR count). The zero-order valence-electron chi connectivity index (χ0n) is 10.3. The molecule has 0 aliphatic heterocycles. The highest BCUT2D eigenvalue weighted by molar-refractivity contribution is 7.11. The van der Waals surface area contributed by atoms with E-state index in [9.17, 15) is 0 Å². The summed E-state index contributed by atoms with van der Waals surface area (Å²) in [5.41, 5.74) is 0. The summed E-state index contributed by atoms with van der Waals surface area (Å²) in [5.74, 6) is 0. The lowest BCUT2D eigenvalue weighted by molar-refractivity contribution is 0.326. The van der Waals surface area contributed by atoms with Crippen LogP contribution in [0.25, 0.3) is 0 Å². The molecule has 2 nitrogen and oxygen atoms in total. The van der Waals surface area contributed by atoms with Crippen molar-refractivity contribution >= 4 is 11.3 Å². The molecule has 0 bridgehead atoms. The second-order valence-electron chi connectivity index (χ2n) is 4.69. The van der Waals surface area contributed by atoms with E-state index in [1.165, 1.54) is 22.6 Å². The lowest BCUT2D eigenvalue weighted by atomic mass is 10.3. The Labute approximate surface area is 103 Å². The fourth-order valence-corrected chi connectivity index (χ4v) is 2.83. The summed E-state index contributed by atoms with van der Waals surface area (Å²) in [4.78, 5) is 5.39. The summed E-state index contributed by atoms with van der Waals surface area (Å²) in [6, 6.07) is 5.37. The van der Waals surface area contributed by atoms with Crippen LogP contribution < -0.4 is 5.32 Å². The molecule has 3 heteroatoms. The number of nitrogens with one attached hydrogen (secondary N) is 1. The van der Waals surface area contributed by atoms with E-state index in [-0.39, 0.29) is 0 Å². The van der Waals surface area contributed by atoms with E-state index in [4.69, 9.17) is 0 Å². The molecule has 0 unspecified atom stereocenters. The summed E-state index contributed by atoms with van der Waals surface area (Å²) in [5, 5.41) is 3.55. The maximum absolute atomic E-state index is 3.55. The Balaban J connectivity index is 1.66. The third kappa shape index (κ3) is 3.89. The molecule has 1 aliphatic carbocycles. The number of hydrogen-bond acceptors (Lipinski definition) is 3. The summed E-state index contributed by atoms with van der Waals surface area (Å²) < 4.78 is 0. The Bertz CT molecular complexity index is 317. The van der Waals surface area contributed by atoms with Gasteiger partial charge in [0.1, 0.15) is 0 Å². The van der Waals surface area contributed by atoms with Gasteiger partial charge >= 0.3 is 0 Å². The molecular weight excluding hydrogens is 216 g/mol. The smallest absolute Gasteiger partial charge is 0.0325 e. The normalized spacial score (nSPS) is 15.9. The van der Waals surface area contributed by atoms with Gasteiger partial charge in [-0.1, -0.05) is 6.92 Å². The monoisotopic (exact) mass is 238 g/mol. The number of likely N-dealkylation sites (N-methyl/N-ethyl adjacent to an activating group) is 1. The van der Waals surface area contributed by atoms with Crippen LogP contribution in [0.4, 0.5) is 0 Å². The predicted octanol–water partition coefficient (Wildman–Crippen LogP) is 2.49. The van der Waals surface area contributed by atoms with E-state index < -0.39 is 0 Å². The minimum atomic E-state index is 0.835. The minimum Gasteiger partial charge on any atom is -0.313 e. The molecule has 1 heterocycles. The summed E-state index contributed by atoms with van der Waals surface area (Å²) >= 11 is 1.95. The fourth-order valence-electron chi connectivity index (χ4n) is 1.79. The van der Waals surface area contributed by atoms with Crippen LogP contribution in [0.3, 0.4) is 0 Å². The highest BCUT2D eigenvalue weighted by Gasteiger charge is 2.19. The molecule has 0 atom stereocenters. The molecule has 16 heavy (non-hydrogen) atoms. The highest BCUT2D eigenvalue weighted by atomic mass is 32.1. The van der Waals surface area contributed by atoms with Gasteiger partial charge in [0.15, 0.2) is 0 Å². The first kappa shape index (κ1) is 12.1. The summed E-state index contributed by atoms with van der Waals surface area (Å²) in [6.45, 7) is 5.60. The summed E-state index contributed by atoms with van der Waals surface area (Å²) in [6.07, 6.45) is 3.93. The second kappa shape index (κ2) is 5.80. The van der Waals surface area contributed by atoms with Crippen LogP contribution in [0.5, 0.6) is 0 Å². The minimum absolute atomic E-state index is 0.835. The predicted molar refractivity (Wildman–Crippen MR) is 71.1 cm³/mol. The molecule has 1 aromatic rings. The van der Waals surface area contributed by atoms with E-state index in [1.54, 1.807) is 0 Å². The van der Waals surface area contributed by atoms with Crippen LogP contribution >= 0.6 is 11.3 Å². The summed E-state index contributed by atoms with van der Waals surface area (Å²) in [7, 11) is 2.21. The van der Waals surface area contributed by atoms with Gasteiger partial charge in [-0.05, 0) is 38.4 Å². The number of hydrogen-bond donors (Lipinski definition) is 1. The molecule has 1 saturated carbocycles. The van der Waals surface area contributed by atoms with Crippen molar-refractivity contribution in [3.63, 3.8) is 0 Å². The van der Waals surface area contributed by atoms with Crippen LogP contribution in [-0.2, 0) is 13.0 Å². The van der Waals surface area contributed by atoms with E-state index >= 15 is 0 Å². The van der Waals surface area contributed by atoms with Gasteiger partial charge in [-0.3, -0.25) is 0 Å². The van der Waals surface area contributed by atoms with Gasteiger partial charge in [0.25, 0.3) is 0 Å². The van der Waals surface area contributed by atoms with Crippen molar-refractivity contribution in [1.29, 1.82) is 0 Å². The third-order valence-electron chi connectivity index (χ3n) is 3.00. The SMILES string of the molecule is CCc1ccc(CN(C)CCNC2CC2)s1. The van der Waals surface area contributed by atoms with Gasteiger partial charge < -0.3 is 10.2 Å². The Kier molecular flexibility index (Phi) is 4.38. The van der Waals surface area contributed by atoms with Gasteiger partial charge in [-0.15, -0.1) is 11.3 Å². The van der Waals surface area contributed by atoms with Gasteiger partial charge in [-0.2, -0.15) is 0 Å². The zero-order valence-corrected chi connectivity index (χ0v) is 11.1. The molecule has 0 saturated heterocycles. The maximum atomic E-state index is 3.55. The number of thiophene rings is 1. The van der Waals surface area contributed by atoms with E-state index in [1.807, 2.05) is 11.3 Å². The Morgan fingerprint density at radius 2 is 2.12 bits per heavy atom. The fraction of sp³-hybridized carbons (Fsp3) is 0.692. The van der Waals surface area contributed by atoms with Crippen molar-refractivity contribution in [2.24, 2.45) is 0 Å². The van der Waals surface area contributed by atoms with Crippen LogP contribution in [-0.4, -0.2) is 31.1 Å². The highest BCUT2D eigenvalue weighted by Crippen LogP contribution is 2.19. The van der Waals surface area contributed by atoms with E-state index in [0.717, 1.165) is 32.1 Å². The van der Waals surface area contributed by atoms with Crippen LogP contribution in [0.15, 0.2) is 12.1 Å². The van der Waals surface area contributed by atoms with Gasteiger partial charge in [-0.25, -0.2) is 0 Å². The lowest BCUT2D eigenvalue weighted by Crippen LogP contribution is -2.29. The quantitative estimate of drug-likeness (QED) is 0.785. The standard InChI is InChI=1S/C13H22N2S/c1-3-12-6-7-13(16-12)10-15(2)9-8-14-11-4-5-11/h6-7,11,14H,3-5,8-10H2,1-2H3. The van der Waals surface area contributed by atoms with E-state index in [2.05, 4.69) is 36.3 Å². The number of rotatable bonds is 7. The van der Waals surface area contributed by atoms with Crippen molar-refractivity contribution in [1.82, 2.24) is 10.2 Å². The largest absolute Gasteiger partial charge is 0.313 e. The van der Waals surface area contributed by atoms with Crippen molar-refractivity contribution < 1.29 is 0 Å². The van der Waals surface area contributed by atoms with E-state index in [0.29, 0.717) is 0 Å². The molecule has 1 aliphatic rings. The molecular formula is C13H22N2S. The molecule has 0 aromatic carbocycles. The lowest BCUT2D eigenvalue weighted by Gasteiger charge is -2.15. The van der Waals surface area contributed by atoms with Gasteiger partial charge in [0, 0.05) is 35.4 Å². The molecule has 0 spiro atoms. The molecule has 1 aromatic heterocycles. The third-order valence-corrected chi connectivity index (χ3v) is 4.21. The van der Waals surface area contributed by atoms with Gasteiger partial charge in [0.2, 0.25) is 0 Å². The van der Waals surface area contributed by atoms with Crippen LogP contribution in [0.2, 0.25) is 0 Å². The average Bonchev–Trinajstić information content (AvgIpc) is 2.97. The Morgan fingerprint density at radius 3 is 2.75 bits per heavy atom. The zero-order chi connectivity index (χ0) is 11.4. The van der Waals surface area contributed by atoms with Crippen LogP contribution in [0, 0.1) is 0 Å². The van der Waals surface area contributed by atoms with Gasteiger partial charge in [0.05, 0.1) is 0 Å². The van der Waals surface area contributed by atoms with Crippen LogP contribution in [0.1, 0.15) is 29.5 Å².